The Labute approximate surface area is 116 Å². The molecule has 1 aliphatic heterocycles. The monoisotopic (exact) mass is 268 g/mol. The van der Waals surface area contributed by atoms with Gasteiger partial charge in [0, 0.05) is 25.6 Å². The Morgan fingerprint density at radius 1 is 1.32 bits per heavy atom. The zero-order chi connectivity index (χ0) is 13.7. The molecule has 2 unspecified atom stereocenters. The number of ether oxygens (including phenoxy) is 1. The van der Waals surface area contributed by atoms with E-state index >= 15 is 0 Å². The van der Waals surface area contributed by atoms with Gasteiger partial charge in [-0.05, 0) is 25.7 Å². The van der Waals surface area contributed by atoms with Gasteiger partial charge in [0.15, 0.2) is 0 Å². The van der Waals surface area contributed by atoms with Crippen molar-refractivity contribution in [2.24, 2.45) is 11.7 Å². The summed E-state index contributed by atoms with van der Waals surface area (Å²) in [5, 5.41) is 0. The van der Waals surface area contributed by atoms with E-state index in [-0.39, 0.29) is 12.1 Å². The molecule has 2 atom stereocenters. The molecule has 2 N–H and O–H groups in total. The molecule has 2 rings (SSSR count). The smallest absolute Gasteiger partial charge is 0.223 e. The highest BCUT2D eigenvalue weighted by molar-refractivity contribution is 5.76. The van der Waals surface area contributed by atoms with Crippen LogP contribution in [-0.2, 0) is 9.53 Å². The lowest BCUT2D eigenvalue weighted by atomic mass is 9.95. The van der Waals surface area contributed by atoms with Crippen molar-refractivity contribution in [3.05, 3.63) is 0 Å². The number of rotatable bonds is 3. The van der Waals surface area contributed by atoms with E-state index in [0.717, 1.165) is 13.0 Å². The van der Waals surface area contributed by atoms with Crippen molar-refractivity contribution in [1.82, 2.24) is 4.90 Å². The molecule has 1 saturated heterocycles. The fourth-order valence-corrected chi connectivity index (χ4v) is 3.16. The third-order valence-electron chi connectivity index (χ3n) is 4.47. The molecule has 0 aromatic heterocycles. The van der Waals surface area contributed by atoms with Gasteiger partial charge in [0.2, 0.25) is 5.91 Å². The van der Waals surface area contributed by atoms with Gasteiger partial charge in [-0.1, -0.05) is 25.7 Å². The topological polar surface area (TPSA) is 55.6 Å². The minimum absolute atomic E-state index is 0.00604. The summed E-state index contributed by atoms with van der Waals surface area (Å²) < 4.78 is 5.61. The summed E-state index contributed by atoms with van der Waals surface area (Å²) in [5.41, 5.74) is 5.87. The Balaban J connectivity index is 1.81. The molecule has 0 spiro atoms. The average molecular weight is 268 g/mol. The van der Waals surface area contributed by atoms with E-state index < -0.39 is 0 Å². The van der Waals surface area contributed by atoms with Gasteiger partial charge in [0.05, 0.1) is 12.7 Å². The SMILES string of the molecule is CC(N)C1CN(C(=O)CC2CCCCCC2)CCO1. The molecule has 0 radical (unpaired) electrons. The van der Waals surface area contributed by atoms with Crippen LogP contribution in [0.4, 0.5) is 0 Å². The van der Waals surface area contributed by atoms with Crippen LogP contribution in [0.3, 0.4) is 0 Å². The summed E-state index contributed by atoms with van der Waals surface area (Å²) >= 11 is 0. The number of amides is 1. The third-order valence-corrected chi connectivity index (χ3v) is 4.47. The number of carbonyl (C=O) groups is 1. The first-order valence-electron chi connectivity index (χ1n) is 7.82. The van der Waals surface area contributed by atoms with E-state index in [4.69, 9.17) is 10.5 Å². The lowest BCUT2D eigenvalue weighted by Gasteiger charge is -2.35. The molecule has 4 nitrogen and oxygen atoms in total. The van der Waals surface area contributed by atoms with Gasteiger partial charge in [-0.3, -0.25) is 4.79 Å². The maximum absolute atomic E-state index is 12.4. The summed E-state index contributed by atoms with van der Waals surface area (Å²) in [4.78, 5) is 14.3. The Morgan fingerprint density at radius 3 is 2.63 bits per heavy atom. The predicted molar refractivity (Wildman–Crippen MR) is 75.8 cm³/mol. The quantitative estimate of drug-likeness (QED) is 0.796. The van der Waals surface area contributed by atoms with E-state index in [2.05, 4.69) is 0 Å². The molecule has 1 heterocycles. The largest absolute Gasteiger partial charge is 0.373 e. The first-order chi connectivity index (χ1) is 9.16. The van der Waals surface area contributed by atoms with Crippen LogP contribution in [-0.4, -0.2) is 42.6 Å². The van der Waals surface area contributed by atoms with E-state index in [1.807, 2.05) is 11.8 Å². The fourth-order valence-electron chi connectivity index (χ4n) is 3.16. The lowest BCUT2D eigenvalue weighted by Crippen LogP contribution is -2.51. The van der Waals surface area contributed by atoms with Gasteiger partial charge < -0.3 is 15.4 Å². The van der Waals surface area contributed by atoms with Crippen LogP contribution >= 0.6 is 0 Å². The van der Waals surface area contributed by atoms with Crippen molar-refractivity contribution in [2.75, 3.05) is 19.7 Å². The highest BCUT2D eigenvalue weighted by Crippen LogP contribution is 2.26. The highest BCUT2D eigenvalue weighted by Gasteiger charge is 2.27. The molecule has 2 fully saturated rings. The van der Waals surface area contributed by atoms with Gasteiger partial charge >= 0.3 is 0 Å². The second-order valence-corrected chi connectivity index (χ2v) is 6.17. The number of carbonyl (C=O) groups excluding carboxylic acids is 1. The molecule has 0 bridgehead atoms. The van der Waals surface area contributed by atoms with E-state index in [1.165, 1.54) is 38.5 Å². The third kappa shape index (κ3) is 4.46. The number of morpholine rings is 1. The molecule has 19 heavy (non-hydrogen) atoms. The Morgan fingerprint density at radius 2 is 2.00 bits per heavy atom. The first-order valence-corrected chi connectivity index (χ1v) is 7.82. The predicted octanol–water partition coefficient (Wildman–Crippen LogP) is 1.92. The van der Waals surface area contributed by atoms with Crippen molar-refractivity contribution >= 4 is 5.91 Å². The maximum Gasteiger partial charge on any atom is 0.223 e. The van der Waals surface area contributed by atoms with Gasteiger partial charge in [-0.15, -0.1) is 0 Å². The molecule has 0 aromatic rings. The van der Waals surface area contributed by atoms with Gasteiger partial charge in [0.1, 0.15) is 0 Å². The zero-order valence-electron chi connectivity index (χ0n) is 12.1. The van der Waals surface area contributed by atoms with E-state index in [1.54, 1.807) is 0 Å². The second kappa shape index (κ2) is 7.25. The van der Waals surface area contributed by atoms with Crippen LogP contribution in [0.15, 0.2) is 0 Å². The van der Waals surface area contributed by atoms with Crippen LogP contribution in [0.25, 0.3) is 0 Å². The maximum atomic E-state index is 12.4. The first kappa shape index (κ1) is 14.8. The summed E-state index contributed by atoms with van der Waals surface area (Å²) in [7, 11) is 0. The lowest BCUT2D eigenvalue weighted by molar-refractivity contribution is -0.140. The minimum atomic E-state index is -0.00604. The van der Waals surface area contributed by atoms with Crippen molar-refractivity contribution in [1.29, 1.82) is 0 Å². The van der Waals surface area contributed by atoms with Gasteiger partial charge in [0.25, 0.3) is 0 Å². The number of nitrogens with two attached hydrogens (primary N) is 1. The Hall–Kier alpha value is -0.610. The van der Waals surface area contributed by atoms with Crippen LogP contribution in [0, 0.1) is 5.92 Å². The number of nitrogens with zero attached hydrogens (tertiary/aromatic N) is 1. The van der Waals surface area contributed by atoms with Crippen LogP contribution in [0.5, 0.6) is 0 Å². The van der Waals surface area contributed by atoms with Crippen LogP contribution in [0.2, 0.25) is 0 Å². The summed E-state index contributed by atoms with van der Waals surface area (Å²) in [5.74, 6) is 0.910. The van der Waals surface area contributed by atoms with E-state index in [0.29, 0.717) is 25.0 Å². The molecule has 1 aliphatic carbocycles. The summed E-state index contributed by atoms with van der Waals surface area (Å²) in [6.45, 7) is 3.98. The van der Waals surface area contributed by atoms with Crippen molar-refractivity contribution < 1.29 is 9.53 Å². The molecule has 2 aliphatic rings. The normalized spacial score (nSPS) is 27.9. The molecule has 4 heteroatoms. The van der Waals surface area contributed by atoms with E-state index in [9.17, 15) is 4.79 Å². The second-order valence-electron chi connectivity index (χ2n) is 6.17. The number of hydrogen-bond acceptors (Lipinski definition) is 3. The Kier molecular flexibility index (Phi) is 5.64. The highest BCUT2D eigenvalue weighted by atomic mass is 16.5. The average Bonchev–Trinajstić information content (AvgIpc) is 2.67. The molecular formula is C15H28N2O2. The number of hydrogen-bond donors (Lipinski definition) is 1. The Bertz CT molecular complexity index is 286. The molecule has 1 amide bonds. The van der Waals surface area contributed by atoms with Crippen LogP contribution < -0.4 is 5.73 Å². The molecular weight excluding hydrogens is 240 g/mol. The van der Waals surface area contributed by atoms with Gasteiger partial charge in [-0.25, -0.2) is 0 Å². The fraction of sp³-hybridized carbons (Fsp3) is 0.933. The van der Waals surface area contributed by atoms with Crippen molar-refractivity contribution in [3.63, 3.8) is 0 Å². The van der Waals surface area contributed by atoms with Crippen LogP contribution in [0.1, 0.15) is 51.9 Å². The summed E-state index contributed by atoms with van der Waals surface area (Å²) in [6, 6.07) is -0.00604. The molecule has 1 saturated carbocycles. The van der Waals surface area contributed by atoms with Crippen molar-refractivity contribution in [3.8, 4) is 0 Å². The van der Waals surface area contributed by atoms with Gasteiger partial charge in [-0.2, -0.15) is 0 Å². The zero-order valence-corrected chi connectivity index (χ0v) is 12.1. The summed E-state index contributed by atoms with van der Waals surface area (Å²) in [6.07, 6.45) is 8.47. The minimum Gasteiger partial charge on any atom is -0.373 e. The standard InChI is InChI=1S/C15H28N2O2/c1-12(16)14-11-17(8-9-19-14)15(18)10-13-6-4-2-3-5-7-13/h12-14H,2-11,16H2,1H3. The molecule has 110 valence electrons. The molecule has 0 aromatic carbocycles. The van der Waals surface area contributed by atoms with Crippen molar-refractivity contribution in [2.45, 2.75) is 64.0 Å².